The molecule has 0 saturated heterocycles. The molecule has 0 saturated carbocycles. The summed E-state index contributed by atoms with van der Waals surface area (Å²) in [5, 5.41) is 2.52. The van der Waals surface area contributed by atoms with Crippen LogP contribution in [0.25, 0.3) is 11.0 Å². The molecule has 76 valence electrons. The number of hydrogen-bond acceptors (Lipinski definition) is 3. The minimum absolute atomic E-state index is 0.176. The number of aromatic amines is 1. The van der Waals surface area contributed by atoms with E-state index in [9.17, 15) is 9.59 Å². The van der Waals surface area contributed by atoms with Gasteiger partial charge in [0.2, 0.25) is 0 Å². The molecule has 1 aromatic carbocycles. The zero-order chi connectivity index (χ0) is 10.8. The summed E-state index contributed by atoms with van der Waals surface area (Å²) in [6.45, 7) is 0. The number of amides is 1. The molecule has 0 aliphatic heterocycles. The Kier molecular flexibility index (Phi) is 2.21. The van der Waals surface area contributed by atoms with Crippen LogP contribution in [-0.4, -0.2) is 22.9 Å². The van der Waals surface area contributed by atoms with Crippen LogP contribution in [0.2, 0.25) is 0 Å². The third-order valence-electron chi connectivity index (χ3n) is 2.07. The first kappa shape index (κ1) is 9.39. The van der Waals surface area contributed by atoms with Gasteiger partial charge >= 0.3 is 0 Å². The van der Waals surface area contributed by atoms with Crippen LogP contribution < -0.4 is 10.9 Å². The SMILES string of the molecule is CNC(=O)c1ccc2[nH]c(=O)cnc2c1. The van der Waals surface area contributed by atoms with Gasteiger partial charge in [-0.05, 0) is 18.2 Å². The average Bonchev–Trinajstić information content (AvgIpc) is 2.27. The van der Waals surface area contributed by atoms with Crippen LogP contribution in [0.15, 0.2) is 29.2 Å². The summed E-state index contributed by atoms with van der Waals surface area (Å²) in [7, 11) is 1.56. The molecule has 1 heterocycles. The second-order valence-corrected chi connectivity index (χ2v) is 3.06. The van der Waals surface area contributed by atoms with E-state index in [4.69, 9.17) is 0 Å². The second kappa shape index (κ2) is 3.53. The number of nitrogens with zero attached hydrogens (tertiary/aromatic N) is 1. The Labute approximate surface area is 85.2 Å². The van der Waals surface area contributed by atoms with Crippen LogP contribution in [-0.2, 0) is 0 Å². The minimum Gasteiger partial charge on any atom is -0.355 e. The molecule has 0 radical (unpaired) electrons. The quantitative estimate of drug-likeness (QED) is 0.699. The maximum atomic E-state index is 11.3. The highest BCUT2D eigenvalue weighted by Gasteiger charge is 2.04. The summed E-state index contributed by atoms with van der Waals surface area (Å²) in [6.07, 6.45) is 1.19. The van der Waals surface area contributed by atoms with E-state index in [1.54, 1.807) is 25.2 Å². The Morgan fingerprint density at radius 1 is 1.47 bits per heavy atom. The normalized spacial score (nSPS) is 10.2. The molecule has 2 rings (SSSR count). The van der Waals surface area contributed by atoms with Gasteiger partial charge in [-0.1, -0.05) is 0 Å². The minimum atomic E-state index is -0.254. The van der Waals surface area contributed by atoms with Crippen LogP contribution >= 0.6 is 0 Å². The molecular formula is C10H9N3O2. The van der Waals surface area contributed by atoms with Gasteiger partial charge in [0.1, 0.15) is 0 Å². The summed E-state index contributed by atoms with van der Waals surface area (Å²) in [4.78, 5) is 28.8. The largest absolute Gasteiger partial charge is 0.355 e. The van der Waals surface area contributed by atoms with E-state index >= 15 is 0 Å². The highest BCUT2D eigenvalue weighted by Crippen LogP contribution is 2.09. The van der Waals surface area contributed by atoms with Crippen molar-refractivity contribution in [2.45, 2.75) is 0 Å². The maximum Gasteiger partial charge on any atom is 0.266 e. The highest BCUT2D eigenvalue weighted by molar-refractivity contribution is 5.96. The number of rotatable bonds is 1. The van der Waals surface area contributed by atoms with Crippen LogP contribution in [0.5, 0.6) is 0 Å². The predicted octanol–water partition coefficient (Wildman–Crippen LogP) is 0.283. The lowest BCUT2D eigenvalue weighted by Crippen LogP contribution is -2.17. The average molecular weight is 203 g/mol. The van der Waals surface area contributed by atoms with E-state index in [1.165, 1.54) is 6.20 Å². The Morgan fingerprint density at radius 3 is 3.00 bits per heavy atom. The van der Waals surface area contributed by atoms with Crippen LogP contribution in [0.4, 0.5) is 0 Å². The van der Waals surface area contributed by atoms with E-state index < -0.39 is 0 Å². The van der Waals surface area contributed by atoms with Crippen molar-refractivity contribution in [3.8, 4) is 0 Å². The van der Waals surface area contributed by atoms with Gasteiger partial charge in [0.15, 0.2) is 0 Å². The van der Waals surface area contributed by atoms with Crippen molar-refractivity contribution >= 4 is 16.9 Å². The molecule has 2 N–H and O–H groups in total. The van der Waals surface area contributed by atoms with E-state index in [-0.39, 0.29) is 11.5 Å². The van der Waals surface area contributed by atoms with Crippen LogP contribution in [0.3, 0.4) is 0 Å². The predicted molar refractivity (Wildman–Crippen MR) is 55.8 cm³/mol. The van der Waals surface area contributed by atoms with Crippen molar-refractivity contribution in [2.24, 2.45) is 0 Å². The third-order valence-corrected chi connectivity index (χ3v) is 2.07. The van der Waals surface area contributed by atoms with Gasteiger partial charge in [0.05, 0.1) is 17.2 Å². The molecule has 0 atom stereocenters. The number of benzene rings is 1. The molecule has 0 aliphatic carbocycles. The number of carbonyl (C=O) groups excluding carboxylic acids is 1. The number of H-pyrrole nitrogens is 1. The number of hydrogen-bond donors (Lipinski definition) is 2. The standard InChI is InChI=1S/C10H9N3O2/c1-11-10(15)6-2-3-7-8(4-6)12-5-9(14)13-7/h2-5H,1H3,(H,11,15)(H,13,14). The first-order chi connectivity index (χ1) is 7.20. The Hall–Kier alpha value is -2.17. The molecular weight excluding hydrogens is 194 g/mol. The van der Waals surface area contributed by atoms with Crippen LogP contribution in [0, 0.1) is 0 Å². The summed E-state index contributed by atoms with van der Waals surface area (Å²) >= 11 is 0. The summed E-state index contributed by atoms with van der Waals surface area (Å²) < 4.78 is 0. The van der Waals surface area contributed by atoms with Crippen molar-refractivity contribution in [3.05, 3.63) is 40.3 Å². The first-order valence-electron chi connectivity index (χ1n) is 4.42. The van der Waals surface area contributed by atoms with Crippen LogP contribution in [0.1, 0.15) is 10.4 Å². The summed E-state index contributed by atoms with van der Waals surface area (Å²) in [5.74, 6) is -0.176. The first-order valence-corrected chi connectivity index (χ1v) is 4.42. The molecule has 0 bridgehead atoms. The molecule has 15 heavy (non-hydrogen) atoms. The number of carbonyl (C=O) groups is 1. The number of aromatic nitrogens is 2. The molecule has 0 aliphatic rings. The molecule has 0 spiro atoms. The molecule has 1 amide bonds. The van der Waals surface area contributed by atoms with Crippen molar-refractivity contribution in [1.82, 2.24) is 15.3 Å². The molecule has 5 nitrogen and oxygen atoms in total. The monoisotopic (exact) mass is 203 g/mol. The molecule has 0 unspecified atom stereocenters. The van der Waals surface area contributed by atoms with Gasteiger partial charge in [0.25, 0.3) is 11.5 Å². The lowest BCUT2D eigenvalue weighted by atomic mass is 10.2. The van der Waals surface area contributed by atoms with E-state index in [2.05, 4.69) is 15.3 Å². The Balaban J connectivity index is 2.62. The van der Waals surface area contributed by atoms with Gasteiger partial charge in [-0.3, -0.25) is 9.59 Å². The van der Waals surface area contributed by atoms with E-state index in [0.717, 1.165) is 0 Å². The lowest BCUT2D eigenvalue weighted by molar-refractivity contribution is 0.0963. The van der Waals surface area contributed by atoms with Crippen molar-refractivity contribution in [2.75, 3.05) is 7.05 Å². The summed E-state index contributed by atoms with van der Waals surface area (Å²) in [5.41, 5.74) is 1.48. The summed E-state index contributed by atoms with van der Waals surface area (Å²) in [6, 6.07) is 4.93. The Bertz CT molecular complexity index is 574. The number of nitrogens with one attached hydrogen (secondary N) is 2. The molecule has 5 heteroatoms. The van der Waals surface area contributed by atoms with Crippen molar-refractivity contribution in [1.29, 1.82) is 0 Å². The fourth-order valence-electron chi connectivity index (χ4n) is 1.32. The smallest absolute Gasteiger partial charge is 0.266 e. The molecule has 2 aromatic rings. The van der Waals surface area contributed by atoms with Gasteiger partial charge in [0, 0.05) is 12.6 Å². The van der Waals surface area contributed by atoms with Crippen molar-refractivity contribution in [3.63, 3.8) is 0 Å². The number of fused-ring (bicyclic) bond motifs is 1. The van der Waals surface area contributed by atoms with E-state index in [0.29, 0.717) is 16.6 Å². The van der Waals surface area contributed by atoms with E-state index in [1.807, 2.05) is 0 Å². The molecule has 1 aromatic heterocycles. The highest BCUT2D eigenvalue weighted by atomic mass is 16.1. The zero-order valence-electron chi connectivity index (χ0n) is 8.07. The third kappa shape index (κ3) is 1.71. The van der Waals surface area contributed by atoms with Gasteiger partial charge < -0.3 is 10.3 Å². The van der Waals surface area contributed by atoms with Gasteiger partial charge in [-0.15, -0.1) is 0 Å². The van der Waals surface area contributed by atoms with Crippen molar-refractivity contribution < 1.29 is 4.79 Å². The topological polar surface area (TPSA) is 74.8 Å². The van der Waals surface area contributed by atoms with Gasteiger partial charge in [-0.25, -0.2) is 4.98 Å². The zero-order valence-corrected chi connectivity index (χ0v) is 8.07. The second-order valence-electron chi connectivity index (χ2n) is 3.06. The maximum absolute atomic E-state index is 11.3. The van der Waals surface area contributed by atoms with Gasteiger partial charge in [-0.2, -0.15) is 0 Å². The Morgan fingerprint density at radius 2 is 2.27 bits per heavy atom. The molecule has 0 fully saturated rings. The fraction of sp³-hybridized carbons (Fsp3) is 0.100. The fourth-order valence-corrected chi connectivity index (χ4v) is 1.32. The lowest BCUT2D eigenvalue weighted by Gasteiger charge is -2.00.